The molecule has 0 radical (unpaired) electrons. The topological polar surface area (TPSA) is 65.7 Å². The normalized spacial score (nSPS) is 12.6. The van der Waals surface area contributed by atoms with Gasteiger partial charge in [-0.05, 0) is 13.3 Å². The lowest BCUT2D eigenvalue weighted by Gasteiger charge is -2.21. The summed E-state index contributed by atoms with van der Waals surface area (Å²) in [5, 5.41) is 12.8. The Hall–Kier alpha value is -1.82. The van der Waals surface area contributed by atoms with Crippen LogP contribution in [0.1, 0.15) is 20.3 Å². The van der Waals surface area contributed by atoms with Crippen molar-refractivity contribution in [2.24, 2.45) is 0 Å². The van der Waals surface area contributed by atoms with Gasteiger partial charge in [0.25, 0.3) is 0 Å². The minimum atomic E-state index is -0.408. The summed E-state index contributed by atoms with van der Waals surface area (Å²) in [6.45, 7) is 5.28. The third kappa shape index (κ3) is 3.14. The van der Waals surface area contributed by atoms with Gasteiger partial charge in [0.1, 0.15) is 5.82 Å². The number of imidazole rings is 1. The van der Waals surface area contributed by atoms with Gasteiger partial charge in [0, 0.05) is 32.5 Å². The summed E-state index contributed by atoms with van der Waals surface area (Å²) < 4.78 is 1.94. The van der Waals surface area contributed by atoms with Gasteiger partial charge in [-0.3, -0.25) is 0 Å². The molecule has 1 atom stereocenters. The quantitative estimate of drug-likeness (QED) is 0.824. The molecule has 19 heavy (non-hydrogen) atoms. The number of aliphatic hydroxyl groups is 1. The highest BCUT2D eigenvalue weighted by molar-refractivity contribution is 5.66. The van der Waals surface area contributed by atoms with Crippen molar-refractivity contribution < 1.29 is 5.11 Å². The van der Waals surface area contributed by atoms with E-state index in [1.54, 1.807) is 13.1 Å². The molecule has 0 aliphatic heterocycles. The Morgan fingerprint density at radius 1 is 1.53 bits per heavy atom. The molecule has 2 aromatic rings. The SMILES string of the molecule is CCCNc1cn2ccnc2c(N(C)CC(C)O)n1. The molecule has 2 aromatic heterocycles. The fourth-order valence-corrected chi connectivity index (χ4v) is 1.99. The highest BCUT2D eigenvalue weighted by Crippen LogP contribution is 2.19. The second kappa shape index (κ2) is 5.88. The number of anilines is 2. The molecule has 0 amide bonds. The minimum absolute atomic E-state index is 0.408. The zero-order valence-corrected chi connectivity index (χ0v) is 11.7. The smallest absolute Gasteiger partial charge is 0.180 e. The van der Waals surface area contributed by atoms with E-state index in [0.717, 1.165) is 30.2 Å². The zero-order chi connectivity index (χ0) is 13.8. The van der Waals surface area contributed by atoms with Gasteiger partial charge in [0.05, 0.1) is 12.3 Å². The number of nitrogens with zero attached hydrogens (tertiary/aromatic N) is 4. The van der Waals surface area contributed by atoms with Crippen molar-refractivity contribution in [1.82, 2.24) is 14.4 Å². The monoisotopic (exact) mass is 263 g/mol. The van der Waals surface area contributed by atoms with E-state index >= 15 is 0 Å². The van der Waals surface area contributed by atoms with Gasteiger partial charge in [0.15, 0.2) is 11.5 Å². The van der Waals surface area contributed by atoms with Crippen molar-refractivity contribution in [2.75, 3.05) is 30.4 Å². The van der Waals surface area contributed by atoms with Crippen LogP contribution < -0.4 is 10.2 Å². The second-order valence-corrected chi connectivity index (χ2v) is 4.76. The van der Waals surface area contributed by atoms with Gasteiger partial charge >= 0.3 is 0 Å². The van der Waals surface area contributed by atoms with Crippen LogP contribution in [0.25, 0.3) is 5.65 Å². The summed E-state index contributed by atoms with van der Waals surface area (Å²) in [5.74, 6) is 1.59. The van der Waals surface area contributed by atoms with Crippen LogP contribution in [0.4, 0.5) is 11.6 Å². The van der Waals surface area contributed by atoms with Gasteiger partial charge in [0.2, 0.25) is 0 Å². The highest BCUT2D eigenvalue weighted by Gasteiger charge is 2.13. The summed E-state index contributed by atoms with van der Waals surface area (Å²) in [6, 6.07) is 0. The average Bonchev–Trinajstić information content (AvgIpc) is 2.82. The first-order chi connectivity index (χ1) is 9.11. The predicted molar refractivity (Wildman–Crippen MR) is 76.7 cm³/mol. The molecule has 0 aromatic carbocycles. The molecule has 0 saturated heterocycles. The Morgan fingerprint density at radius 3 is 3.00 bits per heavy atom. The van der Waals surface area contributed by atoms with E-state index < -0.39 is 6.10 Å². The molecule has 2 heterocycles. The summed E-state index contributed by atoms with van der Waals surface area (Å²) in [6.07, 6.45) is 6.21. The molecule has 0 saturated carbocycles. The maximum absolute atomic E-state index is 9.51. The molecular formula is C13H21N5O. The van der Waals surface area contributed by atoms with Crippen molar-refractivity contribution in [1.29, 1.82) is 0 Å². The molecule has 104 valence electrons. The van der Waals surface area contributed by atoms with Gasteiger partial charge in [-0.1, -0.05) is 6.92 Å². The van der Waals surface area contributed by atoms with E-state index in [-0.39, 0.29) is 0 Å². The van der Waals surface area contributed by atoms with Crippen molar-refractivity contribution in [2.45, 2.75) is 26.4 Å². The molecule has 0 fully saturated rings. The third-order valence-electron chi connectivity index (χ3n) is 2.81. The van der Waals surface area contributed by atoms with Crippen LogP contribution in [0.5, 0.6) is 0 Å². The molecule has 1 unspecified atom stereocenters. The molecular weight excluding hydrogens is 242 g/mol. The number of rotatable bonds is 6. The van der Waals surface area contributed by atoms with Gasteiger partial charge < -0.3 is 19.7 Å². The lowest BCUT2D eigenvalue weighted by Crippen LogP contribution is -2.28. The molecule has 0 aliphatic rings. The molecule has 0 bridgehead atoms. The number of hydrogen-bond donors (Lipinski definition) is 2. The lowest BCUT2D eigenvalue weighted by atomic mass is 10.3. The molecule has 6 heteroatoms. The van der Waals surface area contributed by atoms with Gasteiger partial charge in [-0.2, -0.15) is 0 Å². The molecule has 0 spiro atoms. The fourth-order valence-electron chi connectivity index (χ4n) is 1.99. The number of nitrogens with one attached hydrogen (secondary N) is 1. The molecule has 0 aliphatic carbocycles. The zero-order valence-electron chi connectivity index (χ0n) is 11.7. The van der Waals surface area contributed by atoms with E-state index in [9.17, 15) is 5.11 Å². The number of aromatic nitrogens is 3. The van der Waals surface area contributed by atoms with E-state index in [1.165, 1.54) is 0 Å². The van der Waals surface area contributed by atoms with Gasteiger partial charge in [-0.15, -0.1) is 0 Å². The van der Waals surface area contributed by atoms with E-state index in [2.05, 4.69) is 22.2 Å². The van der Waals surface area contributed by atoms with Crippen LogP contribution in [0.2, 0.25) is 0 Å². The average molecular weight is 263 g/mol. The summed E-state index contributed by atoms with van der Waals surface area (Å²) in [5.41, 5.74) is 0.796. The molecule has 2 N–H and O–H groups in total. The van der Waals surface area contributed by atoms with Crippen molar-refractivity contribution in [3.05, 3.63) is 18.6 Å². The van der Waals surface area contributed by atoms with Crippen molar-refractivity contribution in [3.8, 4) is 0 Å². The van der Waals surface area contributed by atoms with E-state index in [4.69, 9.17) is 0 Å². The van der Waals surface area contributed by atoms with Crippen LogP contribution in [0.3, 0.4) is 0 Å². The van der Waals surface area contributed by atoms with Crippen molar-refractivity contribution in [3.63, 3.8) is 0 Å². The maximum Gasteiger partial charge on any atom is 0.180 e. The number of likely N-dealkylation sites (N-methyl/N-ethyl adjacent to an activating group) is 1. The summed E-state index contributed by atoms with van der Waals surface area (Å²) in [7, 11) is 1.91. The van der Waals surface area contributed by atoms with Crippen LogP contribution in [-0.2, 0) is 0 Å². The lowest BCUT2D eigenvalue weighted by molar-refractivity contribution is 0.201. The molecule has 6 nitrogen and oxygen atoms in total. The minimum Gasteiger partial charge on any atom is -0.392 e. The Morgan fingerprint density at radius 2 is 2.32 bits per heavy atom. The largest absolute Gasteiger partial charge is 0.392 e. The third-order valence-corrected chi connectivity index (χ3v) is 2.81. The highest BCUT2D eigenvalue weighted by atomic mass is 16.3. The van der Waals surface area contributed by atoms with E-state index in [0.29, 0.717) is 6.54 Å². The van der Waals surface area contributed by atoms with Gasteiger partial charge in [-0.25, -0.2) is 9.97 Å². The summed E-state index contributed by atoms with van der Waals surface area (Å²) in [4.78, 5) is 10.8. The first-order valence-corrected chi connectivity index (χ1v) is 6.58. The van der Waals surface area contributed by atoms with Crippen LogP contribution >= 0.6 is 0 Å². The Balaban J connectivity index is 2.36. The maximum atomic E-state index is 9.51. The van der Waals surface area contributed by atoms with Crippen LogP contribution in [0.15, 0.2) is 18.6 Å². The number of fused-ring (bicyclic) bond motifs is 1. The Kier molecular flexibility index (Phi) is 4.21. The van der Waals surface area contributed by atoms with Crippen molar-refractivity contribution >= 4 is 17.3 Å². The second-order valence-electron chi connectivity index (χ2n) is 4.76. The van der Waals surface area contributed by atoms with E-state index in [1.807, 2.05) is 28.7 Å². The Labute approximate surface area is 113 Å². The summed E-state index contributed by atoms with van der Waals surface area (Å²) >= 11 is 0. The number of hydrogen-bond acceptors (Lipinski definition) is 5. The predicted octanol–water partition coefficient (Wildman–Crippen LogP) is 1.37. The number of aliphatic hydroxyl groups excluding tert-OH is 1. The van der Waals surface area contributed by atoms with Crippen LogP contribution in [0, 0.1) is 0 Å². The Bertz CT molecular complexity index is 537. The first-order valence-electron chi connectivity index (χ1n) is 6.58. The van der Waals surface area contributed by atoms with Crippen LogP contribution in [-0.4, -0.2) is 45.7 Å². The standard InChI is InChI=1S/C13H21N5O/c1-4-5-14-11-9-18-7-6-15-12(18)13(16-11)17(3)8-10(2)19/h6-7,9-10,14,19H,4-5,8H2,1-3H3. The molecule has 2 rings (SSSR count). The fraction of sp³-hybridized carbons (Fsp3) is 0.538. The first kappa shape index (κ1) is 13.6.